The molecule has 9 aromatic carbocycles. The van der Waals surface area contributed by atoms with Crippen molar-refractivity contribution in [1.29, 1.82) is 0 Å². The zero-order chi connectivity index (χ0) is 35.1. The highest BCUT2D eigenvalue weighted by atomic mass is 15.2. The minimum Gasteiger partial charge on any atom is -0.310 e. The second-order valence-electron chi connectivity index (χ2n) is 13.3. The van der Waals surface area contributed by atoms with Gasteiger partial charge in [-0.05, 0) is 91.6 Å². The number of benzene rings is 9. The van der Waals surface area contributed by atoms with E-state index in [4.69, 9.17) is 15.0 Å². The maximum absolute atomic E-state index is 5.25. The molecule has 248 valence electrons. The van der Waals surface area contributed by atoms with Gasteiger partial charge in [-0.25, -0.2) is 15.0 Å². The Hall–Kier alpha value is -7.17. The van der Waals surface area contributed by atoms with Gasteiger partial charge in [-0.15, -0.1) is 0 Å². The molecule has 0 aliphatic rings. The van der Waals surface area contributed by atoms with Gasteiger partial charge >= 0.3 is 0 Å². The first-order valence-corrected chi connectivity index (χ1v) is 17.9. The number of para-hydroxylation sites is 3. The molecule has 0 N–H and O–H groups in total. The van der Waals surface area contributed by atoms with E-state index >= 15 is 0 Å². The van der Waals surface area contributed by atoms with E-state index in [0.29, 0.717) is 17.5 Å². The van der Waals surface area contributed by atoms with Gasteiger partial charge in [0.05, 0.1) is 5.69 Å². The summed E-state index contributed by atoms with van der Waals surface area (Å²) in [7, 11) is 0. The Bertz CT molecular complexity index is 2920. The number of hydrogen-bond acceptors (Lipinski definition) is 4. The molecular formula is C49H32N4. The first-order chi connectivity index (χ1) is 26.3. The number of rotatable bonds is 6. The molecule has 1 heterocycles. The summed E-state index contributed by atoms with van der Waals surface area (Å²) in [6.07, 6.45) is 0. The van der Waals surface area contributed by atoms with Crippen LogP contribution < -0.4 is 4.90 Å². The summed E-state index contributed by atoms with van der Waals surface area (Å²) < 4.78 is 0. The van der Waals surface area contributed by atoms with Crippen LogP contribution in [0.1, 0.15) is 0 Å². The summed E-state index contributed by atoms with van der Waals surface area (Å²) in [5.74, 6) is 1.86. The summed E-state index contributed by atoms with van der Waals surface area (Å²) in [4.78, 5) is 17.9. The molecule has 53 heavy (non-hydrogen) atoms. The van der Waals surface area contributed by atoms with Crippen LogP contribution in [-0.2, 0) is 0 Å². The largest absolute Gasteiger partial charge is 0.310 e. The molecule has 0 aliphatic heterocycles. The second-order valence-corrected chi connectivity index (χ2v) is 13.3. The molecule has 4 heteroatoms. The lowest BCUT2D eigenvalue weighted by Crippen LogP contribution is -2.12. The van der Waals surface area contributed by atoms with Gasteiger partial charge in [0.15, 0.2) is 17.5 Å². The highest BCUT2D eigenvalue weighted by Crippen LogP contribution is 2.41. The lowest BCUT2D eigenvalue weighted by molar-refractivity contribution is 1.07. The average Bonchev–Trinajstić information content (AvgIpc) is 3.24. The molecule has 1 aromatic heterocycles. The Balaban J connectivity index is 1.18. The van der Waals surface area contributed by atoms with E-state index in [2.05, 4.69) is 187 Å². The molecule has 4 nitrogen and oxygen atoms in total. The topological polar surface area (TPSA) is 41.9 Å². The van der Waals surface area contributed by atoms with Gasteiger partial charge in [-0.1, -0.05) is 146 Å². The normalized spacial score (nSPS) is 11.4. The smallest absolute Gasteiger partial charge is 0.166 e. The maximum atomic E-state index is 5.25. The Morgan fingerprint density at radius 1 is 0.302 bits per heavy atom. The molecule has 0 bridgehead atoms. The molecular weight excluding hydrogens is 645 g/mol. The summed E-state index contributed by atoms with van der Waals surface area (Å²) >= 11 is 0. The predicted octanol–water partition coefficient (Wildman–Crippen LogP) is 13.0. The quantitative estimate of drug-likeness (QED) is 0.164. The molecule has 10 rings (SSSR count). The SMILES string of the molecule is c1ccc(N(c2ccccc2)c2ccccc2-c2nc(-c3ccc4ccccc4c3)nc(-c3ccc4c(ccc5c6ccccc6ccc45)c3)n2)cc1. The van der Waals surface area contributed by atoms with Gasteiger partial charge < -0.3 is 4.90 Å². The number of fused-ring (bicyclic) bond motifs is 6. The van der Waals surface area contributed by atoms with Crippen molar-refractivity contribution in [2.45, 2.75) is 0 Å². The Kier molecular flexibility index (Phi) is 7.43. The minimum absolute atomic E-state index is 0.607. The molecule has 10 aromatic rings. The lowest BCUT2D eigenvalue weighted by Gasteiger charge is -2.27. The highest BCUT2D eigenvalue weighted by Gasteiger charge is 2.20. The van der Waals surface area contributed by atoms with Gasteiger partial charge in [0.25, 0.3) is 0 Å². The van der Waals surface area contributed by atoms with Crippen molar-refractivity contribution in [2.24, 2.45) is 0 Å². The van der Waals surface area contributed by atoms with E-state index < -0.39 is 0 Å². The Morgan fingerprint density at radius 3 is 1.49 bits per heavy atom. The van der Waals surface area contributed by atoms with Gasteiger partial charge in [0.1, 0.15) is 0 Å². The van der Waals surface area contributed by atoms with E-state index in [1.165, 1.54) is 32.3 Å². The first-order valence-electron chi connectivity index (χ1n) is 17.9. The second kappa shape index (κ2) is 12.9. The minimum atomic E-state index is 0.607. The van der Waals surface area contributed by atoms with E-state index in [0.717, 1.165) is 44.5 Å². The van der Waals surface area contributed by atoms with Crippen molar-refractivity contribution in [3.8, 4) is 34.2 Å². The number of nitrogens with zero attached hydrogens (tertiary/aromatic N) is 4. The third-order valence-corrected chi connectivity index (χ3v) is 10.1. The predicted molar refractivity (Wildman–Crippen MR) is 221 cm³/mol. The first kappa shape index (κ1) is 30.6. The van der Waals surface area contributed by atoms with Crippen LogP contribution in [0, 0.1) is 0 Å². The summed E-state index contributed by atoms with van der Waals surface area (Å²) in [5, 5.41) is 9.64. The van der Waals surface area contributed by atoms with E-state index in [1.54, 1.807) is 0 Å². The molecule has 0 spiro atoms. The maximum Gasteiger partial charge on any atom is 0.166 e. The summed E-state index contributed by atoms with van der Waals surface area (Å²) in [5.41, 5.74) is 5.85. The fourth-order valence-electron chi connectivity index (χ4n) is 7.49. The average molecular weight is 677 g/mol. The number of hydrogen-bond donors (Lipinski definition) is 0. The molecule has 0 amide bonds. The molecule has 0 atom stereocenters. The van der Waals surface area contributed by atoms with Gasteiger partial charge in [-0.2, -0.15) is 0 Å². The van der Waals surface area contributed by atoms with Crippen LogP contribution in [-0.4, -0.2) is 15.0 Å². The zero-order valence-electron chi connectivity index (χ0n) is 28.8. The molecule has 0 saturated heterocycles. The van der Waals surface area contributed by atoms with Crippen molar-refractivity contribution in [1.82, 2.24) is 15.0 Å². The Morgan fingerprint density at radius 2 is 0.774 bits per heavy atom. The van der Waals surface area contributed by atoms with Gasteiger partial charge in [0.2, 0.25) is 0 Å². The van der Waals surface area contributed by atoms with Gasteiger partial charge in [-0.3, -0.25) is 0 Å². The van der Waals surface area contributed by atoms with E-state index in [-0.39, 0.29) is 0 Å². The van der Waals surface area contributed by atoms with Crippen LogP contribution in [0.3, 0.4) is 0 Å². The fraction of sp³-hybridized carbons (Fsp3) is 0. The standard InChI is InChI=1S/C49H32N4/c1-3-16-39(17-4-1)53(40-18-5-2-6-19-40)46-22-12-11-21-45(46)49-51-47(37-24-23-33-13-7-8-15-35(33)31-37)50-48(52-49)38-27-28-42-36(32-38)26-30-43-41-20-10-9-14-34(41)25-29-44(42)43/h1-32H. The van der Waals surface area contributed by atoms with Crippen molar-refractivity contribution < 1.29 is 0 Å². The third-order valence-electron chi connectivity index (χ3n) is 10.1. The number of aromatic nitrogens is 3. The summed E-state index contributed by atoms with van der Waals surface area (Å²) in [6, 6.07) is 68.1. The zero-order valence-corrected chi connectivity index (χ0v) is 28.8. The van der Waals surface area contributed by atoms with Crippen LogP contribution in [0.4, 0.5) is 17.1 Å². The lowest BCUT2D eigenvalue weighted by atomic mass is 9.96. The fourth-order valence-corrected chi connectivity index (χ4v) is 7.49. The van der Waals surface area contributed by atoms with Crippen molar-refractivity contribution in [2.75, 3.05) is 4.90 Å². The monoisotopic (exact) mass is 676 g/mol. The molecule has 0 unspecified atom stereocenters. The molecule has 0 saturated carbocycles. The molecule has 0 aliphatic carbocycles. The van der Waals surface area contributed by atoms with Gasteiger partial charge in [0, 0.05) is 28.1 Å². The van der Waals surface area contributed by atoms with Crippen LogP contribution in [0.5, 0.6) is 0 Å². The third kappa shape index (κ3) is 5.54. The summed E-state index contributed by atoms with van der Waals surface area (Å²) in [6.45, 7) is 0. The van der Waals surface area contributed by atoms with Crippen molar-refractivity contribution in [3.05, 3.63) is 194 Å². The van der Waals surface area contributed by atoms with Crippen LogP contribution >= 0.6 is 0 Å². The van der Waals surface area contributed by atoms with E-state index in [9.17, 15) is 0 Å². The highest BCUT2D eigenvalue weighted by molar-refractivity contribution is 6.17. The van der Waals surface area contributed by atoms with Crippen molar-refractivity contribution in [3.63, 3.8) is 0 Å². The molecule has 0 fully saturated rings. The van der Waals surface area contributed by atoms with Crippen molar-refractivity contribution >= 4 is 60.2 Å². The van der Waals surface area contributed by atoms with Crippen LogP contribution in [0.2, 0.25) is 0 Å². The number of anilines is 3. The van der Waals surface area contributed by atoms with Crippen LogP contribution in [0.15, 0.2) is 194 Å². The molecule has 0 radical (unpaired) electrons. The van der Waals surface area contributed by atoms with E-state index in [1.807, 2.05) is 12.1 Å². The Labute approximate surface area is 307 Å². The van der Waals surface area contributed by atoms with Crippen LogP contribution in [0.25, 0.3) is 77.3 Å².